The Morgan fingerprint density at radius 2 is 2.00 bits per heavy atom. The summed E-state index contributed by atoms with van der Waals surface area (Å²) in [5, 5.41) is 9.08. The van der Waals surface area contributed by atoms with Crippen molar-refractivity contribution in [2.45, 2.75) is 16.7 Å². The van der Waals surface area contributed by atoms with E-state index in [1.54, 1.807) is 24.3 Å². The summed E-state index contributed by atoms with van der Waals surface area (Å²) in [5.74, 6) is -1.80. The Labute approximate surface area is 146 Å². The highest BCUT2D eigenvalue weighted by molar-refractivity contribution is 8.01. The largest absolute Gasteiger partial charge is 0.306 e. The van der Waals surface area contributed by atoms with Gasteiger partial charge in [-0.25, -0.2) is 13.8 Å². The summed E-state index contributed by atoms with van der Waals surface area (Å²) in [4.78, 5) is 25.6. The number of halogens is 2. The summed E-state index contributed by atoms with van der Waals surface area (Å²) in [6.07, 6.45) is 0.221. The van der Waals surface area contributed by atoms with Gasteiger partial charge in [0.05, 0.1) is 18.8 Å². The Kier molecular flexibility index (Phi) is 5.00. The van der Waals surface area contributed by atoms with Crippen molar-refractivity contribution in [3.8, 4) is 0 Å². The molecule has 3 rings (SSSR count). The van der Waals surface area contributed by atoms with E-state index in [1.807, 2.05) is 0 Å². The number of carbonyl (C=O) groups excluding carboxylic acids is 2. The predicted octanol–water partition coefficient (Wildman–Crippen LogP) is 2.82. The number of hydrogen-bond acceptors (Lipinski definition) is 4. The minimum Gasteiger partial charge on any atom is -0.306 e. The third-order valence-electron chi connectivity index (χ3n) is 3.78. The van der Waals surface area contributed by atoms with E-state index in [2.05, 4.69) is 0 Å². The average molecular weight is 364 g/mol. The molecule has 0 saturated carbocycles. The minimum atomic E-state index is -0.739. The fourth-order valence-corrected chi connectivity index (χ4v) is 3.81. The highest BCUT2D eigenvalue weighted by Crippen LogP contribution is 2.40. The van der Waals surface area contributed by atoms with E-state index in [0.29, 0.717) is 10.8 Å². The third-order valence-corrected chi connectivity index (χ3v) is 5.02. The van der Waals surface area contributed by atoms with Gasteiger partial charge in [-0.3, -0.25) is 14.8 Å². The normalized spacial score (nSPS) is 16.5. The third kappa shape index (κ3) is 3.64. The lowest BCUT2D eigenvalue weighted by atomic mass is 10.1. The second-order valence-corrected chi connectivity index (χ2v) is 6.71. The molecule has 1 unspecified atom stereocenters. The Morgan fingerprint density at radius 1 is 1.24 bits per heavy atom. The van der Waals surface area contributed by atoms with Gasteiger partial charge in [0, 0.05) is 16.5 Å². The number of carbonyl (C=O) groups is 2. The fourth-order valence-electron chi connectivity index (χ4n) is 2.59. The van der Waals surface area contributed by atoms with Crippen molar-refractivity contribution in [3.63, 3.8) is 0 Å². The molecule has 0 radical (unpaired) electrons. The minimum absolute atomic E-state index is 0.0778. The van der Waals surface area contributed by atoms with Crippen LogP contribution in [0.4, 0.5) is 14.5 Å². The van der Waals surface area contributed by atoms with Gasteiger partial charge >= 0.3 is 0 Å². The number of para-hydroxylation sites is 1. The summed E-state index contributed by atoms with van der Waals surface area (Å²) in [7, 11) is 0. The maximum atomic E-state index is 14.0. The predicted molar refractivity (Wildman–Crippen MR) is 88.2 cm³/mol. The molecule has 5 nitrogen and oxygen atoms in total. The van der Waals surface area contributed by atoms with E-state index in [1.165, 1.54) is 22.7 Å². The first kappa shape index (κ1) is 17.4. The van der Waals surface area contributed by atoms with Gasteiger partial charge in [0.25, 0.3) is 0 Å². The molecule has 1 atom stereocenters. The maximum absolute atomic E-state index is 14.0. The smallest absolute Gasteiger partial charge is 0.242 e. The molecular formula is C17H14F2N2O3S. The van der Waals surface area contributed by atoms with Crippen molar-refractivity contribution < 1.29 is 23.6 Å². The van der Waals surface area contributed by atoms with Crippen LogP contribution in [0.1, 0.15) is 5.56 Å². The molecule has 8 heteroatoms. The second kappa shape index (κ2) is 7.20. The van der Waals surface area contributed by atoms with Crippen molar-refractivity contribution in [1.29, 1.82) is 0 Å². The number of nitrogens with zero attached hydrogens (tertiary/aromatic N) is 2. The van der Waals surface area contributed by atoms with E-state index in [4.69, 9.17) is 0 Å². The number of thioether (sulfide) groups is 1. The van der Waals surface area contributed by atoms with Gasteiger partial charge < -0.3 is 4.90 Å². The number of rotatable bonds is 5. The molecule has 2 aromatic carbocycles. The summed E-state index contributed by atoms with van der Waals surface area (Å²) in [5.41, 5.74) is 0.777. The lowest BCUT2D eigenvalue weighted by Crippen LogP contribution is -2.45. The first-order valence-electron chi connectivity index (χ1n) is 7.41. The molecule has 0 aromatic heterocycles. The van der Waals surface area contributed by atoms with Crippen LogP contribution in [0, 0.1) is 11.6 Å². The number of hydrogen-bond donors (Lipinski definition) is 1. The van der Waals surface area contributed by atoms with Gasteiger partial charge in [-0.1, -0.05) is 18.2 Å². The van der Waals surface area contributed by atoms with Crippen molar-refractivity contribution in [1.82, 2.24) is 5.06 Å². The molecule has 2 aromatic rings. The molecule has 1 N–H and O–H groups in total. The topological polar surface area (TPSA) is 60.9 Å². The molecule has 130 valence electrons. The molecule has 1 heterocycles. The van der Waals surface area contributed by atoms with Crippen LogP contribution in [0.3, 0.4) is 0 Å². The van der Waals surface area contributed by atoms with E-state index in [9.17, 15) is 23.6 Å². The van der Waals surface area contributed by atoms with Crippen LogP contribution in [0.5, 0.6) is 0 Å². The summed E-state index contributed by atoms with van der Waals surface area (Å²) in [6.45, 7) is -0.269. The Hall–Kier alpha value is -2.45. The molecule has 2 amide bonds. The van der Waals surface area contributed by atoms with Crippen LogP contribution in [0.25, 0.3) is 0 Å². The summed E-state index contributed by atoms with van der Waals surface area (Å²) >= 11 is 1.22. The van der Waals surface area contributed by atoms with Gasteiger partial charge in [0.1, 0.15) is 16.9 Å². The summed E-state index contributed by atoms with van der Waals surface area (Å²) in [6, 6.07) is 10.3. The highest BCUT2D eigenvalue weighted by Gasteiger charge is 2.34. The van der Waals surface area contributed by atoms with Crippen molar-refractivity contribution in [3.05, 3.63) is 59.7 Å². The zero-order valence-corrected chi connectivity index (χ0v) is 13.7. The van der Waals surface area contributed by atoms with Crippen molar-refractivity contribution >= 4 is 29.8 Å². The van der Waals surface area contributed by atoms with Crippen LogP contribution in [-0.4, -0.2) is 34.4 Å². The van der Waals surface area contributed by atoms with Gasteiger partial charge in [-0.15, -0.1) is 11.8 Å². The molecule has 25 heavy (non-hydrogen) atoms. The lowest BCUT2D eigenvalue weighted by molar-refractivity contribution is -0.150. The quantitative estimate of drug-likeness (QED) is 0.504. The van der Waals surface area contributed by atoms with Crippen molar-refractivity contribution in [2.24, 2.45) is 0 Å². The number of anilines is 1. The van der Waals surface area contributed by atoms with Crippen LogP contribution >= 0.6 is 11.8 Å². The number of benzene rings is 2. The zero-order chi connectivity index (χ0) is 18.0. The average Bonchev–Trinajstić information content (AvgIpc) is 2.60. The second-order valence-electron chi connectivity index (χ2n) is 5.46. The monoisotopic (exact) mass is 364 g/mol. The summed E-state index contributed by atoms with van der Waals surface area (Å²) < 4.78 is 27.1. The Morgan fingerprint density at radius 3 is 2.72 bits per heavy atom. The molecule has 1 aliphatic rings. The van der Waals surface area contributed by atoms with Crippen LogP contribution < -0.4 is 4.90 Å². The molecule has 1 aliphatic heterocycles. The maximum Gasteiger partial charge on any atom is 0.242 e. The Bertz CT molecular complexity index is 818. The van der Waals surface area contributed by atoms with Crippen LogP contribution in [0.2, 0.25) is 0 Å². The van der Waals surface area contributed by atoms with E-state index >= 15 is 0 Å². The van der Waals surface area contributed by atoms with Gasteiger partial charge in [0.2, 0.25) is 12.3 Å². The Balaban J connectivity index is 1.94. The highest BCUT2D eigenvalue weighted by atomic mass is 32.2. The first-order valence-corrected chi connectivity index (χ1v) is 8.29. The first-order chi connectivity index (χ1) is 12.0. The fraction of sp³-hybridized carbons (Fsp3) is 0.176. The van der Waals surface area contributed by atoms with Gasteiger partial charge in [-0.05, 0) is 18.2 Å². The molecule has 0 aliphatic carbocycles. The van der Waals surface area contributed by atoms with Crippen LogP contribution in [-0.2, 0) is 16.1 Å². The van der Waals surface area contributed by atoms with E-state index in [-0.39, 0.29) is 31.0 Å². The van der Waals surface area contributed by atoms with Gasteiger partial charge in [0.15, 0.2) is 0 Å². The van der Waals surface area contributed by atoms with Crippen LogP contribution in [0.15, 0.2) is 47.4 Å². The SMILES string of the molecule is O=CN(O)CC1Sc2ccccc2N(Cc2ccc(F)cc2F)C1=O. The van der Waals surface area contributed by atoms with E-state index < -0.39 is 16.9 Å². The molecular weight excluding hydrogens is 350 g/mol. The standard InChI is InChI=1S/C17H14F2N2O3S/c18-12-6-5-11(13(19)7-12)8-21-14-3-1-2-4-15(14)25-16(17(21)23)9-20(24)10-22/h1-7,10,16,24H,8-9H2. The lowest BCUT2D eigenvalue weighted by Gasteiger charge is -2.34. The van der Waals surface area contributed by atoms with Gasteiger partial charge in [-0.2, -0.15) is 0 Å². The number of hydroxylamine groups is 2. The molecule has 0 fully saturated rings. The molecule has 0 spiro atoms. The molecule has 0 bridgehead atoms. The zero-order valence-electron chi connectivity index (χ0n) is 12.9. The van der Waals surface area contributed by atoms with Crippen molar-refractivity contribution in [2.75, 3.05) is 11.4 Å². The number of amides is 2. The molecule has 0 saturated heterocycles. The number of fused-ring (bicyclic) bond motifs is 1. The van der Waals surface area contributed by atoms with E-state index in [0.717, 1.165) is 17.0 Å².